The second kappa shape index (κ2) is 5.47. The van der Waals surface area contributed by atoms with Gasteiger partial charge < -0.3 is 5.73 Å². The summed E-state index contributed by atoms with van der Waals surface area (Å²) in [5.41, 5.74) is 7.34. The Labute approximate surface area is 122 Å². The van der Waals surface area contributed by atoms with E-state index >= 15 is 0 Å². The molecular weight excluding hydrogens is 296 g/mol. The summed E-state index contributed by atoms with van der Waals surface area (Å²) in [5, 5.41) is 5.15. The van der Waals surface area contributed by atoms with Gasteiger partial charge in [-0.15, -0.1) is 0 Å². The molecule has 2 rings (SSSR count). The molecule has 1 heterocycles. The fourth-order valence-corrected chi connectivity index (χ4v) is 3.51. The Balaban J connectivity index is 2.42. The van der Waals surface area contributed by atoms with Crippen molar-refractivity contribution in [1.82, 2.24) is 14.5 Å². The fraction of sp³-hybridized carbons (Fsp3) is 0.250. The van der Waals surface area contributed by atoms with Gasteiger partial charge in [0.2, 0.25) is 10.0 Å². The number of aromatic nitrogens is 2. The average molecular weight is 312 g/mol. The molecule has 3 N–H and O–H groups in total. The van der Waals surface area contributed by atoms with Gasteiger partial charge in [0, 0.05) is 17.6 Å². The largest absolute Gasteiger partial charge is 0.398 e. The zero-order chi connectivity index (χ0) is 14.9. The molecule has 8 heteroatoms. The second-order valence-electron chi connectivity index (χ2n) is 4.26. The van der Waals surface area contributed by atoms with Crippen LogP contribution in [0.25, 0.3) is 0 Å². The number of aryl methyl sites for hydroxylation is 2. The lowest BCUT2D eigenvalue weighted by atomic mass is 10.3. The summed E-state index contributed by atoms with van der Waals surface area (Å²) < 4.78 is 27.6. The van der Waals surface area contributed by atoms with E-state index in [9.17, 15) is 8.42 Å². The molecular formula is C12H16N4O2S2. The molecule has 1 aromatic heterocycles. The molecule has 0 aliphatic carbocycles. The van der Waals surface area contributed by atoms with E-state index in [1.807, 2.05) is 20.0 Å². The first-order chi connectivity index (χ1) is 9.33. The summed E-state index contributed by atoms with van der Waals surface area (Å²) in [6, 6.07) is 6.56. The molecule has 0 amide bonds. The van der Waals surface area contributed by atoms with Crippen molar-refractivity contribution >= 4 is 27.5 Å². The summed E-state index contributed by atoms with van der Waals surface area (Å²) in [5.74, 6) is 0. The Kier molecular flexibility index (Phi) is 4.07. The predicted octanol–water partition coefficient (Wildman–Crippen LogP) is 1.37. The minimum atomic E-state index is -3.48. The molecule has 0 bridgehead atoms. The Bertz CT molecular complexity index is 738. The maximum absolute atomic E-state index is 11.8. The smallest absolute Gasteiger partial charge is 0.240 e. The van der Waals surface area contributed by atoms with Gasteiger partial charge in [-0.3, -0.25) is 4.68 Å². The molecule has 6 nitrogen and oxygen atoms in total. The molecule has 20 heavy (non-hydrogen) atoms. The van der Waals surface area contributed by atoms with Crippen LogP contribution in [0.15, 0.2) is 39.1 Å². The molecule has 0 radical (unpaired) electrons. The van der Waals surface area contributed by atoms with Gasteiger partial charge in [0.25, 0.3) is 0 Å². The van der Waals surface area contributed by atoms with Crippen molar-refractivity contribution in [2.24, 2.45) is 7.05 Å². The summed E-state index contributed by atoms with van der Waals surface area (Å²) in [6.45, 7) is 1.90. The third kappa shape index (κ3) is 2.97. The maximum Gasteiger partial charge on any atom is 0.240 e. The van der Waals surface area contributed by atoms with Crippen LogP contribution in [-0.2, 0) is 17.1 Å². The quantitative estimate of drug-likeness (QED) is 0.832. The highest BCUT2D eigenvalue weighted by Crippen LogP contribution is 2.33. The molecule has 2 aromatic rings. The third-order valence-electron chi connectivity index (χ3n) is 2.74. The first-order valence-corrected chi connectivity index (χ1v) is 8.15. The van der Waals surface area contributed by atoms with E-state index in [1.54, 1.807) is 16.8 Å². The molecule has 108 valence electrons. The molecule has 0 fully saturated rings. The van der Waals surface area contributed by atoms with Gasteiger partial charge in [-0.05, 0) is 38.2 Å². The molecule has 0 unspecified atom stereocenters. The minimum absolute atomic E-state index is 0.190. The van der Waals surface area contributed by atoms with Gasteiger partial charge in [0.05, 0.1) is 15.6 Å². The van der Waals surface area contributed by atoms with Crippen molar-refractivity contribution in [3.8, 4) is 0 Å². The lowest BCUT2D eigenvalue weighted by Gasteiger charge is -2.08. The van der Waals surface area contributed by atoms with Crippen molar-refractivity contribution in [2.45, 2.75) is 21.7 Å². The van der Waals surface area contributed by atoms with Gasteiger partial charge in [0.1, 0.15) is 0 Å². The van der Waals surface area contributed by atoms with Crippen LogP contribution < -0.4 is 10.5 Å². The van der Waals surface area contributed by atoms with E-state index in [0.717, 1.165) is 10.7 Å². The minimum Gasteiger partial charge on any atom is -0.398 e. The lowest BCUT2D eigenvalue weighted by Crippen LogP contribution is -2.18. The number of nitrogen functional groups attached to an aromatic ring is 1. The van der Waals surface area contributed by atoms with Gasteiger partial charge in [-0.2, -0.15) is 5.10 Å². The van der Waals surface area contributed by atoms with Crippen LogP contribution in [0.4, 0.5) is 5.69 Å². The standard InChI is InChI=1S/C12H16N4O2S2/c1-8-6-12(16(3)15-8)19-11-7-9(4-5-10(11)13)20(17,18)14-2/h4-7,14H,13H2,1-3H3. The summed E-state index contributed by atoms with van der Waals surface area (Å²) in [7, 11) is -0.265. The maximum atomic E-state index is 11.8. The molecule has 0 atom stereocenters. The Morgan fingerprint density at radius 1 is 1.35 bits per heavy atom. The monoisotopic (exact) mass is 312 g/mol. The van der Waals surface area contributed by atoms with Crippen molar-refractivity contribution in [3.05, 3.63) is 30.0 Å². The molecule has 0 aliphatic heterocycles. The topological polar surface area (TPSA) is 90.0 Å². The van der Waals surface area contributed by atoms with Crippen molar-refractivity contribution < 1.29 is 8.42 Å². The predicted molar refractivity (Wildman–Crippen MR) is 79.2 cm³/mol. The fourth-order valence-electron chi connectivity index (χ4n) is 1.68. The number of nitrogens with zero attached hydrogens (tertiary/aromatic N) is 2. The highest BCUT2D eigenvalue weighted by molar-refractivity contribution is 7.99. The number of nitrogens with one attached hydrogen (secondary N) is 1. The normalized spacial score (nSPS) is 11.8. The molecule has 0 aliphatic rings. The summed E-state index contributed by atoms with van der Waals surface area (Å²) >= 11 is 1.39. The number of benzene rings is 1. The van der Waals surface area contributed by atoms with Crippen LogP contribution in [0.3, 0.4) is 0 Å². The van der Waals surface area contributed by atoms with Gasteiger partial charge >= 0.3 is 0 Å². The van der Waals surface area contributed by atoms with E-state index in [-0.39, 0.29) is 4.90 Å². The number of hydrogen-bond donors (Lipinski definition) is 2. The number of rotatable bonds is 4. The zero-order valence-corrected chi connectivity index (χ0v) is 13.0. The average Bonchev–Trinajstić information content (AvgIpc) is 2.70. The van der Waals surface area contributed by atoms with Crippen LogP contribution in [0.2, 0.25) is 0 Å². The van der Waals surface area contributed by atoms with E-state index in [1.165, 1.54) is 24.9 Å². The SMILES string of the molecule is CNS(=O)(=O)c1ccc(N)c(Sc2cc(C)nn2C)c1. The number of anilines is 1. The van der Waals surface area contributed by atoms with Gasteiger partial charge in [-0.1, -0.05) is 11.8 Å². The van der Waals surface area contributed by atoms with Crippen LogP contribution >= 0.6 is 11.8 Å². The zero-order valence-electron chi connectivity index (χ0n) is 11.4. The van der Waals surface area contributed by atoms with E-state index in [4.69, 9.17) is 5.73 Å². The molecule has 0 saturated heterocycles. The van der Waals surface area contributed by atoms with Gasteiger partial charge in [-0.25, -0.2) is 13.1 Å². The van der Waals surface area contributed by atoms with E-state index < -0.39 is 10.0 Å². The molecule has 0 spiro atoms. The highest BCUT2D eigenvalue weighted by Gasteiger charge is 2.15. The van der Waals surface area contributed by atoms with Crippen molar-refractivity contribution in [3.63, 3.8) is 0 Å². The summed E-state index contributed by atoms with van der Waals surface area (Å²) in [4.78, 5) is 0.875. The Hall–Kier alpha value is -1.51. The number of hydrogen-bond acceptors (Lipinski definition) is 5. The van der Waals surface area contributed by atoms with E-state index in [2.05, 4.69) is 9.82 Å². The first-order valence-electron chi connectivity index (χ1n) is 5.85. The molecule has 1 aromatic carbocycles. The van der Waals surface area contributed by atoms with Crippen molar-refractivity contribution in [1.29, 1.82) is 0 Å². The first kappa shape index (κ1) is 14.9. The van der Waals surface area contributed by atoms with Crippen LogP contribution in [0.1, 0.15) is 5.69 Å². The Morgan fingerprint density at radius 3 is 2.60 bits per heavy atom. The lowest BCUT2D eigenvalue weighted by molar-refractivity contribution is 0.588. The van der Waals surface area contributed by atoms with Crippen molar-refractivity contribution in [2.75, 3.05) is 12.8 Å². The number of nitrogens with two attached hydrogens (primary N) is 1. The van der Waals surface area contributed by atoms with Crippen LogP contribution in [0, 0.1) is 6.92 Å². The van der Waals surface area contributed by atoms with E-state index in [0.29, 0.717) is 10.6 Å². The second-order valence-corrected chi connectivity index (χ2v) is 7.21. The number of sulfonamides is 1. The summed E-state index contributed by atoms with van der Waals surface area (Å²) in [6.07, 6.45) is 0. The van der Waals surface area contributed by atoms with Crippen LogP contribution in [-0.4, -0.2) is 25.2 Å². The Morgan fingerprint density at radius 2 is 2.05 bits per heavy atom. The van der Waals surface area contributed by atoms with Crippen LogP contribution in [0.5, 0.6) is 0 Å². The molecule has 0 saturated carbocycles. The third-order valence-corrected chi connectivity index (χ3v) is 5.31. The van der Waals surface area contributed by atoms with Gasteiger partial charge in [0.15, 0.2) is 0 Å². The highest BCUT2D eigenvalue weighted by atomic mass is 32.2.